The van der Waals surface area contributed by atoms with Gasteiger partial charge in [0, 0.05) is 29.9 Å². The minimum atomic E-state index is -0.592. The molecule has 0 atom stereocenters. The fraction of sp³-hybridized carbons (Fsp3) is 0.304. The summed E-state index contributed by atoms with van der Waals surface area (Å²) in [6.45, 7) is 6.00. The second kappa shape index (κ2) is 10.2. The minimum Gasteiger partial charge on any atom is -0.444 e. The lowest BCUT2D eigenvalue weighted by molar-refractivity contribution is -0.113. The van der Waals surface area contributed by atoms with Crippen LogP contribution < -0.4 is 10.6 Å². The number of nitrogens with one attached hydrogen (secondary N) is 2. The van der Waals surface area contributed by atoms with Crippen LogP contribution in [0.25, 0.3) is 0 Å². The molecule has 1 aromatic carbocycles. The first-order valence-corrected chi connectivity index (χ1v) is 11.0. The van der Waals surface area contributed by atoms with Gasteiger partial charge in [0.25, 0.3) is 11.8 Å². The number of amides is 3. The molecule has 0 bridgehead atoms. The lowest BCUT2D eigenvalue weighted by atomic mass is 10.1. The molecule has 0 spiro atoms. The number of carbonyl (C=O) groups is 3. The Labute approximate surface area is 201 Å². The molecule has 2 aromatic rings. The van der Waals surface area contributed by atoms with E-state index in [-0.39, 0.29) is 18.0 Å². The number of aromatic nitrogens is 1. The van der Waals surface area contributed by atoms with Gasteiger partial charge in [0.05, 0.1) is 16.3 Å². The number of rotatable bonds is 4. The highest BCUT2D eigenvalue weighted by Gasteiger charge is 2.25. The fourth-order valence-electron chi connectivity index (χ4n) is 3.02. The maximum Gasteiger partial charge on any atom is 0.410 e. The molecule has 0 saturated carbocycles. The first kappa shape index (κ1) is 24.5. The summed E-state index contributed by atoms with van der Waals surface area (Å²) in [5, 5.41) is 6.19. The van der Waals surface area contributed by atoms with Crippen molar-refractivity contribution in [3.63, 3.8) is 0 Å². The van der Waals surface area contributed by atoms with E-state index in [0.717, 1.165) is 0 Å². The van der Waals surface area contributed by atoms with E-state index < -0.39 is 17.6 Å². The Bertz CT molecular complexity index is 1090. The molecular formula is C23H24Cl2N4O4. The maximum absolute atomic E-state index is 12.8. The topological polar surface area (TPSA) is 101 Å². The van der Waals surface area contributed by atoms with Crippen LogP contribution in [0.2, 0.25) is 10.0 Å². The smallest absolute Gasteiger partial charge is 0.410 e. The molecule has 8 nitrogen and oxygen atoms in total. The van der Waals surface area contributed by atoms with E-state index in [4.69, 9.17) is 27.9 Å². The zero-order chi connectivity index (χ0) is 24.2. The summed E-state index contributed by atoms with van der Waals surface area (Å²) in [5.74, 6) is -0.546. The van der Waals surface area contributed by atoms with Crippen LogP contribution in [0.4, 0.5) is 16.3 Å². The van der Waals surface area contributed by atoms with Crippen LogP contribution in [0.15, 0.2) is 48.2 Å². The molecule has 1 aliphatic rings. The highest BCUT2D eigenvalue weighted by Crippen LogP contribution is 2.24. The third-order valence-corrected chi connectivity index (χ3v) is 5.05. The molecule has 0 fully saturated rings. The van der Waals surface area contributed by atoms with Crippen molar-refractivity contribution >= 4 is 52.6 Å². The maximum atomic E-state index is 12.8. The Morgan fingerprint density at radius 2 is 1.76 bits per heavy atom. The summed E-state index contributed by atoms with van der Waals surface area (Å²) in [5.41, 5.74) is 0.396. The highest BCUT2D eigenvalue weighted by atomic mass is 35.5. The van der Waals surface area contributed by atoms with Gasteiger partial charge < -0.3 is 20.3 Å². The number of halogens is 2. The van der Waals surface area contributed by atoms with Gasteiger partial charge in [-0.2, -0.15) is 0 Å². The molecule has 2 heterocycles. The predicted octanol–water partition coefficient (Wildman–Crippen LogP) is 5.15. The van der Waals surface area contributed by atoms with Gasteiger partial charge in [-0.25, -0.2) is 9.78 Å². The molecule has 1 aromatic heterocycles. The van der Waals surface area contributed by atoms with E-state index in [1.807, 2.05) is 0 Å². The SMILES string of the molecule is CC(C)(C)OC(=O)N1CC=C(C(=O)Nc2ccc(Cl)cc2C(=O)Nc2ccc(Cl)cn2)CC1. The van der Waals surface area contributed by atoms with Crippen molar-refractivity contribution in [3.8, 4) is 0 Å². The van der Waals surface area contributed by atoms with E-state index in [1.54, 1.807) is 51.1 Å². The normalized spacial score (nSPS) is 13.7. The van der Waals surface area contributed by atoms with E-state index in [9.17, 15) is 14.4 Å². The summed E-state index contributed by atoms with van der Waals surface area (Å²) < 4.78 is 5.36. The average Bonchev–Trinajstić information content (AvgIpc) is 2.75. The number of anilines is 2. The van der Waals surface area contributed by atoms with Crippen molar-refractivity contribution < 1.29 is 19.1 Å². The van der Waals surface area contributed by atoms with Gasteiger partial charge in [-0.05, 0) is 57.5 Å². The molecule has 0 radical (unpaired) electrons. The number of carbonyl (C=O) groups excluding carboxylic acids is 3. The Balaban J connectivity index is 1.69. The summed E-state index contributed by atoms with van der Waals surface area (Å²) in [6.07, 6.45) is 3.02. The van der Waals surface area contributed by atoms with Crippen LogP contribution in [0.1, 0.15) is 37.6 Å². The van der Waals surface area contributed by atoms with Crippen molar-refractivity contribution in [2.75, 3.05) is 23.7 Å². The predicted molar refractivity (Wildman–Crippen MR) is 128 cm³/mol. The van der Waals surface area contributed by atoms with Gasteiger partial charge in [0.15, 0.2) is 0 Å². The Kier molecular flexibility index (Phi) is 7.61. The second-order valence-electron chi connectivity index (χ2n) is 8.37. The molecule has 3 amide bonds. The number of hydrogen-bond donors (Lipinski definition) is 2. The molecule has 33 heavy (non-hydrogen) atoms. The summed E-state index contributed by atoms with van der Waals surface area (Å²) in [7, 11) is 0. The lowest BCUT2D eigenvalue weighted by Crippen LogP contribution is -2.40. The fourth-order valence-corrected chi connectivity index (χ4v) is 3.30. The van der Waals surface area contributed by atoms with Crippen molar-refractivity contribution in [1.82, 2.24) is 9.88 Å². The van der Waals surface area contributed by atoms with Crippen LogP contribution >= 0.6 is 23.2 Å². The summed E-state index contributed by atoms with van der Waals surface area (Å²) in [4.78, 5) is 43.4. The second-order valence-corrected chi connectivity index (χ2v) is 9.24. The number of benzene rings is 1. The van der Waals surface area contributed by atoms with Crippen molar-refractivity contribution in [1.29, 1.82) is 0 Å². The van der Waals surface area contributed by atoms with Gasteiger partial charge >= 0.3 is 6.09 Å². The van der Waals surface area contributed by atoms with E-state index in [0.29, 0.717) is 40.1 Å². The zero-order valence-corrected chi connectivity index (χ0v) is 20.0. The number of hydrogen-bond acceptors (Lipinski definition) is 5. The molecule has 2 N–H and O–H groups in total. The third kappa shape index (κ3) is 6.94. The van der Waals surface area contributed by atoms with Crippen LogP contribution in [-0.4, -0.2) is 46.5 Å². The minimum absolute atomic E-state index is 0.180. The molecule has 3 rings (SSSR count). The molecule has 0 saturated heterocycles. The van der Waals surface area contributed by atoms with E-state index in [2.05, 4.69) is 15.6 Å². The Hall–Kier alpha value is -3.10. The molecule has 0 unspecified atom stereocenters. The van der Waals surface area contributed by atoms with Crippen molar-refractivity contribution in [2.24, 2.45) is 0 Å². The molecule has 10 heteroatoms. The quantitative estimate of drug-likeness (QED) is 0.617. The van der Waals surface area contributed by atoms with E-state index in [1.165, 1.54) is 17.2 Å². The largest absolute Gasteiger partial charge is 0.444 e. The molecular weight excluding hydrogens is 467 g/mol. The van der Waals surface area contributed by atoms with Gasteiger partial charge in [-0.1, -0.05) is 29.3 Å². The first-order chi connectivity index (χ1) is 15.5. The van der Waals surface area contributed by atoms with Crippen molar-refractivity contribution in [3.05, 3.63) is 63.8 Å². The van der Waals surface area contributed by atoms with E-state index >= 15 is 0 Å². The van der Waals surface area contributed by atoms with Gasteiger partial charge in [0.1, 0.15) is 11.4 Å². The number of pyridine rings is 1. The van der Waals surface area contributed by atoms with Crippen molar-refractivity contribution in [2.45, 2.75) is 32.8 Å². The monoisotopic (exact) mass is 490 g/mol. The van der Waals surface area contributed by atoms with Gasteiger partial charge in [0.2, 0.25) is 0 Å². The highest BCUT2D eigenvalue weighted by molar-refractivity contribution is 6.31. The molecule has 0 aliphatic carbocycles. The van der Waals surface area contributed by atoms with Crippen LogP contribution in [-0.2, 0) is 9.53 Å². The zero-order valence-electron chi connectivity index (χ0n) is 18.4. The molecule has 1 aliphatic heterocycles. The first-order valence-electron chi connectivity index (χ1n) is 10.2. The lowest BCUT2D eigenvalue weighted by Gasteiger charge is -2.29. The summed E-state index contributed by atoms with van der Waals surface area (Å²) >= 11 is 11.9. The third-order valence-electron chi connectivity index (χ3n) is 4.60. The molecule has 174 valence electrons. The average molecular weight is 491 g/mol. The van der Waals surface area contributed by atoms with Crippen LogP contribution in [0.5, 0.6) is 0 Å². The Morgan fingerprint density at radius 1 is 1.03 bits per heavy atom. The Morgan fingerprint density at radius 3 is 2.36 bits per heavy atom. The van der Waals surface area contributed by atoms with Crippen LogP contribution in [0.3, 0.4) is 0 Å². The van der Waals surface area contributed by atoms with Gasteiger partial charge in [-0.3, -0.25) is 9.59 Å². The van der Waals surface area contributed by atoms with Crippen LogP contribution in [0, 0.1) is 0 Å². The number of nitrogens with zero attached hydrogens (tertiary/aromatic N) is 2. The summed E-state index contributed by atoms with van der Waals surface area (Å²) in [6, 6.07) is 7.75. The van der Waals surface area contributed by atoms with Gasteiger partial charge in [-0.15, -0.1) is 0 Å². The standard InChI is InChI=1S/C23H24Cl2N4O4/c1-23(2,3)33-22(32)29-10-8-14(9-11-29)20(30)27-18-6-4-15(24)12-17(18)21(31)28-19-7-5-16(25)13-26-19/h4-8,12-13H,9-11H2,1-3H3,(H,27,30)(H,26,28,31). The number of ether oxygens (including phenoxy) is 1.